The molecule has 1 fully saturated rings. The first kappa shape index (κ1) is 16.1. The van der Waals surface area contributed by atoms with Crippen molar-refractivity contribution in [2.45, 2.75) is 38.6 Å². The van der Waals surface area contributed by atoms with E-state index in [1.165, 1.54) is 5.69 Å². The summed E-state index contributed by atoms with van der Waals surface area (Å²) in [5.41, 5.74) is 2.12. The van der Waals surface area contributed by atoms with E-state index in [9.17, 15) is 4.79 Å². The van der Waals surface area contributed by atoms with E-state index in [1.54, 1.807) is 0 Å². The van der Waals surface area contributed by atoms with Crippen molar-refractivity contribution in [3.05, 3.63) is 35.5 Å². The van der Waals surface area contributed by atoms with E-state index in [2.05, 4.69) is 21.3 Å². The Labute approximate surface area is 141 Å². The highest BCUT2D eigenvalue weighted by atomic mass is 35.5. The highest BCUT2D eigenvalue weighted by Gasteiger charge is 2.21. The summed E-state index contributed by atoms with van der Waals surface area (Å²) < 4.78 is 0. The summed E-state index contributed by atoms with van der Waals surface area (Å²) in [4.78, 5) is 18.5. The van der Waals surface area contributed by atoms with Gasteiger partial charge in [0, 0.05) is 47.8 Å². The third kappa shape index (κ3) is 3.75. The summed E-state index contributed by atoms with van der Waals surface area (Å²) in [5.74, 6) is 0.176. The molecule has 0 aliphatic carbocycles. The number of anilines is 1. The number of hydrogen-bond acceptors (Lipinski definition) is 3. The molecule has 1 aromatic heterocycles. The number of nitrogens with zero attached hydrogens (tertiary/aromatic N) is 2. The largest absolute Gasteiger partial charge is 0.371 e. The zero-order valence-corrected chi connectivity index (χ0v) is 14.1. The summed E-state index contributed by atoms with van der Waals surface area (Å²) in [6.45, 7) is 3.92. The molecule has 0 spiro atoms. The van der Waals surface area contributed by atoms with Gasteiger partial charge in [0.1, 0.15) is 0 Å². The van der Waals surface area contributed by atoms with Gasteiger partial charge in [0.2, 0.25) is 5.91 Å². The van der Waals surface area contributed by atoms with E-state index in [0.29, 0.717) is 17.5 Å². The molecule has 1 N–H and O–H groups in total. The molecule has 1 amide bonds. The van der Waals surface area contributed by atoms with Crippen molar-refractivity contribution in [2.75, 3.05) is 18.0 Å². The first-order chi connectivity index (χ1) is 11.2. The fraction of sp³-hybridized carbons (Fsp3) is 0.444. The van der Waals surface area contributed by atoms with Crippen LogP contribution in [0.2, 0.25) is 5.02 Å². The predicted molar refractivity (Wildman–Crippen MR) is 95.0 cm³/mol. The summed E-state index contributed by atoms with van der Waals surface area (Å²) >= 11 is 6.06. The number of hydrogen-bond donors (Lipinski definition) is 1. The Balaban J connectivity index is 1.69. The van der Waals surface area contributed by atoms with Crippen LogP contribution >= 0.6 is 11.6 Å². The lowest BCUT2D eigenvalue weighted by atomic mass is 10.0. The van der Waals surface area contributed by atoms with E-state index < -0.39 is 0 Å². The number of rotatable bonds is 4. The maximum atomic E-state index is 11.7. The van der Waals surface area contributed by atoms with Crippen LogP contribution in [0.3, 0.4) is 0 Å². The van der Waals surface area contributed by atoms with E-state index in [1.807, 2.05) is 31.3 Å². The van der Waals surface area contributed by atoms with Gasteiger partial charge in [-0.15, -0.1) is 0 Å². The van der Waals surface area contributed by atoms with Crippen molar-refractivity contribution in [3.63, 3.8) is 0 Å². The average molecular weight is 332 g/mol. The molecule has 1 aromatic carbocycles. The zero-order valence-electron chi connectivity index (χ0n) is 13.4. The van der Waals surface area contributed by atoms with Gasteiger partial charge in [-0.25, -0.2) is 0 Å². The molecule has 2 aromatic rings. The molecule has 0 radical (unpaired) electrons. The second-order valence-corrected chi connectivity index (χ2v) is 6.51. The van der Waals surface area contributed by atoms with Crippen LogP contribution < -0.4 is 10.2 Å². The van der Waals surface area contributed by atoms with E-state index >= 15 is 0 Å². The predicted octanol–water partition coefficient (Wildman–Crippen LogP) is 3.77. The topological polar surface area (TPSA) is 45.2 Å². The van der Waals surface area contributed by atoms with Crippen LogP contribution in [-0.4, -0.2) is 30.0 Å². The lowest BCUT2D eigenvalue weighted by Crippen LogP contribution is -2.44. The van der Waals surface area contributed by atoms with Crippen molar-refractivity contribution in [2.24, 2.45) is 0 Å². The summed E-state index contributed by atoms with van der Waals surface area (Å²) in [6, 6.07) is 8.21. The highest BCUT2D eigenvalue weighted by Crippen LogP contribution is 2.29. The number of pyridine rings is 1. The van der Waals surface area contributed by atoms with Crippen LogP contribution in [0.4, 0.5) is 5.69 Å². The Morgan fingerprint density at radius 3 is 2.87 bits per heavy atom. The van der Waals surface area contributed by atoms with Crippen LogP contribution in [-0.2, 0) is 4.79 Å². The van der Waals surface area contributed by atoms with Crippen molar-refractivity contribution in [1.82, 2.24) is 10.3 Å². The van der Waals surface area contributed by atoms with Crippen LogP contribution in [0.15, 0.2) is 30.5 Å². The fourth-order valence-corrected chi connectivity index (χ4v) is 3.34. The molecule has 0 atom stereocenters. The number of halogens is 1. The van der Waals surface area contributed by atoms with Crippen LogP contribution in [0.1, 0.15) is 32.6 Å². The van der Waals surface area contributed by atoms with Gasteiger partial charge in [0.05, 0.1) is 5.52 Å². The number of amides is 1. The SMILES string of the molecule is CCCC(=O)NC1CCN(c2ccnc3cc(Cl)ccc23)CC1. The summed E-state index contributed by atoms with van der Waals surface area (Å²) in [7, 11) is 0. The number of piperidine rings is 1. The Morgan fingerprint density at radius 1 is 1.35 bits per heavy atom. The average Bonchev–Trinajstić information content (AvgIpc) is 2.55. The molecule has 1 aliphatic heterocycles. The summed E-state index contributed by atoms with van der Waals surface area (Å²) in [6.07, 6.45) is 5.31. The number of fused-ring (bicyclic) bond motifs is 1. The van der Waals surface area contributed by atoms with Crippen molar-refractivity contribution < 1.29 is 4.79 Å². The lowest BCUT2D eigenvalue weighted by molar-refractivity contribution is -0.121. The van der Waals surface area contributed by atoms with Gasteiger partial charge in [-0.1, -0.05) is 18.5 Å². The Kier molecular flexibility index (Phi) is 5.01. The highest BCUT2D eigenvalue weighted by molar-refractivity contribution is 6.31. The molecule has 3 rings (SSSR count). The van der Waals surface area contributed by atoms with Crippen LogP contribution in [0.25, 0.3) is 10.9 Å². The number of benzene rings is 1. The van der Waals surface area contributed by atoms with Gasteiger partial charge in [0.15, 0.2) is 0 Å². The van der Waals surface area contributed by atoms with Gasteiger partial charge in [-0.05, 0) is 43.5 Å². The molecule has 0 bridgehead atoms. The smallest absolute Gasteiger partial charge is 0.220 e. The third-order valence-electron chi connectivity index (χ3n) is 4.36. The molecule has 1 aliphatic rings. The Bertz CT molecular complexity index is 696. The monoisotopic (exact) mass is 331 g/mol. The van der Waals surface area contributed by atoms with Gasteiger partial charge in [-0.2, -0.15) is 0 Å². The van der Waals surface area contributed by atoms with Crippen molar-refractivity contribution in [1.29, 1.82) is 0 Å². The van der Waals surface area contributed by atoms with Crippen LogP contribution in [0.5, 0.6) is 0 Å². The maximum absolute atomic E-state index is 11.7. The zero-order chi connectivity index (χ0) is 16.2. The molecule has 122 valence electrons. The number of aromatic nitrogens is 1. The molecule has 23 heavy (non-hydrogen) atoms. The van der Waals surface area contributed by atoms with E-state index in [4.69, 9.17) is 11.6 Å². The van der Waals surface area contributed by atoms with Crippen molar-refractivity contribution in [3.8, 4) is 0 Å². The molecule has 1 saturated heterocycles. The van der Waals surface area contributed by atoms with E-state index in [-0.39, 0.29) is 5.91 Å². The number of carbonyl (C=O) groups excluding carboxylic acids is 1. The molecular weight excluding hydrogens is 310 g/mol. The van der Waals surface area contributed by atoms with Crippen LogP contribution in [0, 0.1) is 0 Å². The van der Waals surface area contributed by atoms with Gasteiger partial charge < -0.3 is 10.2 Å². The quantitative estimate of drug-likeness (QED) is 0.927. The minimum Gasteiger partial charge on any atom is -0.371 e. The van der Waals surface area contributed by atoms with E-state index in [0.717, 1.165) is 43.3 Å². The molecule has 2 heterocycles. The van der Waals surface area contributed by atoms with Crippen molar-refractivity contribution >= 4 is 34.1 Å². The normalized spacial score (nSPS) is 15.8. The lowest BCUT2D eigenvalue weighted by Gasteiger charge is -2.34. The van der Waals surface area contributed by atoms with Gasteiger partial charge >= 0.3 is 0 Å². The standard InChI is InChI=1S/C18H22ClN3O/c1-2-3-18(23)21-14-7-10-22(11-8-14)17-6-9-20-16-12-13(19)4-5-15(16)17/h4-6,9,12,14H,2-3,7-8,10-11H2,1H3,(H,21,23). The van der Waals surface area contributed by atoms with Gasteiger partial charge in [0.25, 0.3) is 0 Å². The minimum absolute atomic E-state index is 0.176. The molecule has 5 heteroatoms. The second kappa shape index (κ2) is 7.18. The Hall–Kier alpha value is -1.81. The molecular formula is C18H22ClN3O. The molecule has 4 nitrogen and oxygen atoms in total. The summed E-state index contributed by atoms with van der Waals surface area (Å²) in [5, 5.41) is 4.98. The molecule has 0 unspecified atom stereocenters. The molecule has 0 saturated carbocycles. The maximum Gasteiger partial charge on any atom is 0.220 e. The number of nitrogens with one attached hydrogen (secondary N) is 1. The van der Waals surface area contributed by atoms with Gasteiger partial charge in [-0.3, -0.25) is 9.78 Å². The minimum atomic E-state index is 0.176. The second-order valence-electron chi connectivity index (χ2n) is 6.07. The third-order valence-corrected chi connectivity index (χ3v) is 4.59. The first-order valence-corrected chi connectivity index (χ1v) is 8.63. The fourth-order valence-electron chi connectivity index (χ4n) is 3.17. The first-order valence-electron chi connectivity index (χ1n) is 8.26. The number of carbonyl (C=O) groups is 1. The Morgan fingerprint density at radius 2 is 2.13 bits per heavy atom.